The Hall–Kier alpha value is -1.79. The molecule has 0 aromatic rings. The second kappa shape index (κ2) is 6.78. The van der Waals surface area contributed by atoms with Gasteiger partial charge in [0.25, 0.3) is 0 Å². The molecule has 0 aromatic heterocycles. The maximum absolute atomic E-state index is 11.6. The maximum Gasteiger partial charge on any atom is 0.315 e. The molecule has 0 spiro atoms. The van der Waals surface area contributed by atoms with Crippen LogP contribution in [0, 0.1) is 5.41 Å². The molecule has 7 heteroatoms. The van der Waals surface area contributed by atoms with E-state index in [2.05, 4.69) is 16.0 Å². The van der Waals surface area contributed by atoms with Gasteiger partial charge in [0.1, 0.15) is 0 Å². The highest BCUT2D eigenvalue weighted by atomic mass is 16.4. The molecule has 0 aromatic carbocycles. The lowest BCUT2D eigenvalue weighted by Crippen LogP contribution is -2.47. The van der Waals surface area contributed by atoms with Crippen molar-refractivity contribution in [3.63, 3.8) is 0 Å². The first kappa shape index (κ1) is 15.6. The number of aliphatic carboxylic acids is 1. The number of hydrogen-bond acceptors (Lipinski definition) is 3. The number of carbonyl (C=O) groups excluding carboxylic acids is 2. The first-order chi connectivity index (χ1) is 10.0. The number of hydrogen-bond donors (Lipinski definition) is 4. The third-order valence-corrected chi connectivity index (χ3v) is 4.28. The fourth-order valence-corrected chi connectivity index (χ4v) is 2.59. The first-order valence-corrected chi connectivity index (χ1v) is 7.56. The van der Waals surface area contributed by atoms with Crippen LogP contribution in [0.2, 0.25) is 0 Å². The summed E-state index contributed by atoms with van der Waals surface area (Å²) in [7, 11) is 0. The highest BCUT2D eigenvalue weighted by Gasteiger charge is 2.50. The van der Waals surface area contributed by atoms with Gasteiger partial charge in [0.15, 0.2) is 0 Å². The largest absolute Gasteiger partial charge is 0.481 e. The van der Waals surface area contributed by atoms with Gasteiger partial charge in [-0.1, -0.05) is 19.3 Å². The topological polar surface area (TPSA) is 108 Å². The Bertz CT molecular complexity index is 414. The zero-order valence-corrected chi connectivity index (χ0v) is 12.1. The molecule has 3 amide bonds. The van der Waals surface area contributed by atoms with Gasteiger partial charge in [-0.2, -0.15) is 0 Å². The van der Waals surface area contributed by atoms with Crippen LogP contribution in [0.25, 0.3) is 0 Å². The minimum atomic E-state index is -0.870. The van der Waals surface area contributed by atoms with E-state index in [1.807, 2.05) is 0 Å². The molecule has 2 aliphatic rings. The number of rotatable bonds is 6. The van der Waals surface area contributed by atoms with E-state index in [0.717, 1.165) is 25.7 Å². The van der Waals surface area contributed by atoms with Gasteiger partial charge in [-0.3, -0.25) is 9.59 Å². The zero-order chi connectivity index (χ0) is 15.3. The summed E-state index contributed by atoms with van der Waals surface area (Å²) >= 11 is 0. The lowest BCUT2D eigenvalue weighted by atomic mass is 9.96. The molecule has 21 heavy (non-hydrogen) atoms. The maximum atomic E-state index is 11.6. The Morgan fingerprint density at radius 1 is 1.05 bits per heavy atom. The summed E-state index contributed by atoms with van der Waals surface area (Å²) in [6, 6.07) is -0.139. The van der Waals surface area contributed by atoms with Crippen LogP contribution >= 0.6 is 0 Å². The minimum absolute atomic E-state index is 0.131. The highest BCUT2D eigenvalue weighted by molar-refractivity contribution is 5.85. The molecule has 7 nitrogen and oxygen atoms in total. The van der Waals surface area contributed by atoms with Gasteiger partial charge in [-0.05, 0) is 25.7 Å². The SMILES string of the molecule is O=C(CNC(=O)NC1CCCCC1)NCC1(C(=O)O)CC1. The normalized spacial score (nSPS) is 20.4. The predicted molar refractivity (Wildman–Crippen MR) is 75.7 cm³/mol. The standard InChI is InChI=1S/C14H23N3O4/c18-11(16-9-14(6-7-14)12(19)20)8-15-13(21)17-10-4-2-1-3-5-10/h10H,1-9H2,(H,16,18)(H,19,20)(H2,15,17,21). The van der Waals surface area contributed by atoms with E-state index in [9.17, 15) is 14.4 Å². The van der Waals surface area contributed by atoms with Crippen LogP contribution in [0.1, 0.15) is 44.9 Å². The molecule has 0 atom stereocenters. The van der Waals surface area contributed by atoms with Crippen molar-refractivity contribution in [1.29, 1.82) is 0 Å². The molecule has 0 unspecified atom stereocenters. The van der Waals surface area contributed by atoms with Gasteiger partial charge < -0.3 is 21.1 Å². The average Bonchev–Trinajstić information content (AvgIpc) is 3.25. The average molecular weight is 297 g/mol. The molecule has 0 radical (unpaired) electrons. The van der Waals surface area contributed by atoms with Crippen LogP contribution in [0.3, 0.4) is 0 Å². The van der Waals surface area contributed by atoms with Crippen molar-refractivity contribution >= 4 is 17.9 Å². The number of carboxylic acids is 1. The van der Waals surface area contributed by atoms with E-state index >= 15 is 0 Å². The Kier molecular flexibility index (Phi) is 5.03. The summed E-state index contributed by atoms with van der Waals surface area (Å²) in [5.41, 5.74) is -0.778. The molecular weight excluding hydrogens is 274 g/mol. The summed E-state index contributed by atoms with van der Waals surface area (Å²) in [4.78, 5) is 34.2. The minimum Gasteiger partial charge on any atom is -0.481 e. The van der Waals surface area contributed by atoms with Crippen LogP contribution in [-0.4, -0.2) is 42.1 Å². The van der Waals surface area contributed by atoms with Crippen molar-refractivity contribution < 1.29 is 19.5 Å². The third kappa shape index (κ3) is 4.61. The summed E-state index contributed by atoms with van der Waals surface area (Å²) in [5.74, 6) is -1.23. The van der Waals surface area contributed by atoms with Crippen LogP contribution in [-0.2, 0) is 9.59 Å². The molecule has 2 saturated carbocycles. The van der Waals surface area contributed by atoms with Gasteiger partial charge >= 0.3 is 12.0 Å². The van der Waals surface area contributed by atoms with Crippen molar-refractivity contribution in [3.8, 4) is 0 Å². The van der Waals surface area contributed by atoms with E-state index < -0.39 is 11.4 Å². The molecule has 2 rings (SSSR count). The molecule has 0 aliphatic heterocycles. The lowest BCUT2D eigenvalue weighted by Gasteiger charge is -2.22. The smallest absolute Gasteiger partial charge is 0.315 e. The summed E-state index contributed by atoms with van der Waals surface area (Å²) in [6.45, 7) is 0.00133. The molecular formula is C14H23N3O4. The molecule has 0 saturated heterocycles. The van der Waals surface area contributed by atoms with Gasteiger partial charge in [-0.25, -0.2) is 4.79 Å². The fraction of sp³-hybridized carbons (Fsp3) is 0.786. The second-order valence-corrected chi connectivity index (χ2v) is 6.02. The Morgan fingerprint density at radius 2 is 1.71 bits per heavy atom. The molecule has 4 N–H and O–H groups in total. The molecule has 2 aliphatic carbocycles. The number of urea groups is 1. The molecule has 2 fully saturated rings. The zero-order valence-electron chi connectivity index (χ0n) is 12.1. The fourth-order valence-electron chi connectivity index (χ4n) is 2.59. The van der Waals surface area contributed by atoms with E-state index in [1.54, 1.807) is 0 Å². The number of amides is 3. The molecule has 0 heterocycles. The van der Waals surface area contributed by atoms with E-state index in [-0.39, 0.29) is 31.1 Å². The first-order valence-electron chi connectivity index (χ1n) is 7.56. The number of carboxylic acid groups (broad SMARTS) is 1. The van der Waals surface area contributed by atoms with Crippen LogP contribution < -0.4 is 16.0 Å². The van der Waals surface area contributed by atoms with Crippen molar-refractivity contribution in [1.82, 2.24) is 16.0 Å². The second-order valence-electron chi connectivity index (χ2n) is 6.02. The quantitative estimate of drug-likeness (QED) is 0.576. The van der Waals surface area contributed by atoms with Crippen LogP contribution in [0.5, 0.6) is 0 Å². The summed E-state index contributed by atoms with van der Waals surface area (Å²) in [6.07, 6.45) is 6.64. The third-order valence-electron chi connectivity index (χ3n) is 4.28. The van der Waals surface area contributed by atoms with E-state index in [1.165, 1.54) is 6.42 Å². The highest BCUT2D eigenvalue weighted by Crippen LogP contribution is 2.45. The van der Waals surface area contributed by atoms with Crippen molar-refractivity contribution in [3.05, 3.63) is 0 Å². The molecule has 118 valence electrons. The summed E-state index contributed by atoms with van der Waals surface area (Å²) in [5, 5.41) is 16.9. The predicted octanol–water partition coefficient (Wildman–Crippen LogP) is 0.599. The molecule has 0 bridgehead atoms. The van der Waals surface area contributed by atoms with Crippen LogP contribution in [0.15, 0.2) is 0 Å². The van der Waals surface area contributed by atoms with E-state index in [4.69, 9.17) is 5.11 Å². The summed E-state index contributed by atoms with van der Waals surface area (Å²) < 4.78 is 0. The number of carbonyl (C=O) groups is 3. The Morgan fingerprint density at radius 3 is 2.29 bits per heavy atom. The lowest BCUT2D eigenvalue weighted by molar-refractivity contribution is -0.143. The van der Waals surface area contributed by atoms with Gasteiger partial charge in [0, 0.05) is 12.6 Å². The number of nitrogens with one attached hydrogen (secondary N) is 3. The van der Waals surface area contributed by atoms with Crippen molar-refractivity contribution in [2.45, 2.75) is 51.0 Å². The van der Waals surface area contributed by atoms with Crippen molar-refractivity contribution in [2.75, 3.05) is 13.1 Å². The van der Waals surface area contributed by atoms with Gasteiger partial charge in [0.05, 0.1) is 12.0 Å². The van der Waals surface area contributed by atoms with Crippen molar-refractivity contribution in [2.24, 2.45) is 5.41 Å². The van der Waals surface area contributed by atoms with Crippen LogP contribution in [0.4, 0.5) is 4.79 Å². The van der Waals surface area contributed by atoms with E-state index in [0.29, 0.717) is 12.8 Å². The van der Waals surface area contributed by atoms with Gasteiger partial charge in [0.2, 0.25) is 5.91 Å². The Labute approximate surface area is 123 Å². The van der Waals surface area contributed by atoms with Gasteiger partial charge in [-0.15, -0.1) is 0 Å². The monoisotopic (exact) mass is 297 g/mol. The Balaban J connectivity index is 1.60.